The van der Waals surface area contributed by atoms with Crippen LogP contribution in [-0.2, 0) is 0 Å². The maximum absolute atomic E-state index is 4.54. The van der Waals surface area contributed by atoms with Crippen LogP contribution in [0.15, 0.2) is 27.9 Å². The lowest BCUT2D eigenvalue weighted by Crippen LogP contribution is -2.11. The lowest BCUT2D eigenvalue weighted by Gasteiger charge is -2.13. The molecule has 0 aromatic rings. The molecule has 0 amide bonds. The van der Waals surface area contributed by atoms with Crippen molar-refractivity contribution in [3.05, 3.63) is 22.9 Å². The molecule has 76 valence electrons. The van der Waals surface area contributed by atoms with Gasteiger partial charge >= 0.3 is 0 Å². The van der Waals surface area contributed by atoms with Crippen LogP contribution in [0.4, 0.5) is 0 Å². The van der Waals surface area contributed by atoms with Gasteiger partial charge in [-0.2, -0.15) is 0 Å². The Morgan fingerprint density at radius 1 is 1.43 bits per heavy atom. The summed E-state index contributed by atoms with van der Waals surface area (Å²) >= 11 is 0. The SMILES string of the molecule is CC1C=NC2=C(CNC2)C(C(C)C)=C1. The van der Waals surface area contributed by atoms with E-state index in [2.05, 4.69) is 43.4 Å². The maximum Gasteiger partial charge on any atom is 0.0585 e. The molecule has 2 heterocycles. The maximum atomic E-state index is 4.54. The average molecular weight is 190 g/mol. The molecule has 1 N–H and O–H groups in total. The van der Waals surface area contributed by atoms with Crippen LogP contribution in [0.1, 0.15) is 20.8 Å². The molecule has 2 aliphatic heterocycles. The molecule has 0 bridgehead atoms. The predicted octanol–water partition coefficient (Wildman–Crippen LogP) is 2.15. The molecule has 0 aliphatic carbocycles. The molecule has 0 fully saturated rings. The first-order chi connectivity index (χ1) is 6.68. The van der Waals surface area contributed by atoms with Crippen LogP contribution in [0.25, 0.3) is 0 Å². The van der Waals surface area contributed by atoms with Crippen LogP contribution in [0, 0.1) is 11.8 Å². The molecule has 2 rings (SSSR count). The van der Waals surface area contributed by atoms with Crippen LogP contribution in [0.2, 0.25) is 0 Å². The van der Waals surface area contributed by atoms with E-state index in [1.54, 1.807) is 0 Å². The molecule has 0 radical (unpaired) electrons. The molecule has 2 heteroatoms. The molecular weight excluding hydrogens is 172 g/mol. The number of nitrogens with one attached hydrogen (secondary N) is 1. The quantitative estimate of drug-likeness (QED) is 0.673. The molecule has 1 unspecified atom stereocenters. The van der Waals surface area contributed by atoms with Crippen molar-refractivity contribution in [2.75, 3.05) is 13.1 Å². The third-order valence-electron chi connectivity index (χ3n) is 2.82. The van der Waals surface area contributed by atoms with Crippen molar-refractivity contribution in [2.24, 2.45) is 16.8 Å². The highest BCUT2D eigenvalue weighted by atomic mass is 15.0. The summed E-state index contributed by atoms with van der Waals surface area (Å²) in [6, 6.07) is 0. The van der Waals surface area contributed by atoms with Crippen LogP contribution in [0.3, 0.4) is 0 Å². The summed E-state index contributed by atoms with van der Waals surface area (Å²) in [5, 5.41) is 3.36. The molecular formula is C12H18N2. The van der Waals surface area contributed by atoms with E-state index in [0.717, 1.165) is 13.1 Å². The zero-order valence-electron chi connectivity index (χ0n) is 9.17. The van der Waals surface area contributed by atoms with E-state index in [9.17, 15) is 0 Å². The van der Waals surface area contributed by atoms with Gasteiger partial charge in [0.05, 0.1) is 5.70 Å². The third-order valence-corrected chi connectivity index (χ3v) is 2.82. The van der Waals surface area contributed by atoms with Crippen molar-refractivity contribution in [2.45, 2.75) is 20.8 Å². The Balaban J connectivity index is 2.40. The smallest absolute Gasteiger partial charge is 0.0585 e. The van der Waals surface area contributed by atoms with Gasteiger partial charge in [0.1, 0.15) is 0 Å². The highest BCUT2D eigenvalue weighted by Crippen LogP contribution is 2.28. The third kappa shape index (κ3) is 1.67. The molecule has 0 saturated carbocycles. The number of hydrogen-bond donors (Lipinski definition) is 1. The second-order valence-electron chi connectivity index (χ2n) is 4.44. The van der Waals surface area contributed by atoms with Gasteiger partial charge in [-0.1, -0.05) is 26.8 Å². The number of hydrogen-bond acceptors (Lipinski definition) is 2. The number of allylic oxidation sites excluding steroid dienone is 1. The van der Waals surface area contributed by atoms with Gasteiger partial charge in [-0.15, -0.1) is 0 Å². The highest BCUT2D eigenvalue weighted by Gasteiger charge is 2.21. The molecule has 14 heavy (non-hydrogen) atoms. The zero-order valence-corrected chi connectivity index (χ0v) is 9.17. The Labute approximate surface area is 85.8 Å². The van der Waals surface area contributed by atoms with E-state index in [1.165, 1.54) is 16.8 Å². The first-order valence-electron chi connectivity index (χ1n) is 5.37. The summed E-state index contributed by atoms with van der Waals surface area (Å²) in [6.45, 7) is 8.63. The van der Waals surface area contributed by atoms with Gasteiger partial charge < -0.3 is 5.32 Å². The highest BCUT2D eigenvalue weighted by molar-refractivity contribution is 5.67. The normalized spacial score (nSPS) is 26.6. The minimum Gasteiger partial charge on any atom is -0.307 e. The largest absolute Gasteiger partial charge is 0.307 e. The van der Waals surface area contributed by atoms with Gasteiger partial charge in [0.15, 0.2) is 0 Å². The first-order valence-corrected chi connectivity index (χ1v) is 5.37. The fraction of sp³-hybridized carbons (Fsp3) is 0.583. The lowest BCUT2D eigenvalue weighted by molar-refractivity contribution is 0.752. The summed E-state index contributed by atoms with van der Waals surface area (Å²) in [6.07, 6.45) is 4.40. The summed E-state index contributed by atoms with van der Waals surface area (Å²) in [5.74, 6) is 1.07. The van der Waals surface area contributed by atoms with Gasteiger partial charge in [0.25, 0.3) is 0 Å². The number of rotatable bonds is 1. The Morgan fingerprint density at radius 2 is 2.21 bits per heavy atom. The van der Waals surface area contributed by atoms with Gasteiger partial charge in [-0.05, 0) is 17.1 Å². The fourth-order valence-corrected chi connectivity index (χ4v) is 2.08. The van der Waals surface area contributed by atoms with Crippen molar-refractivity contribution in [1.82, 2.24) is 5.32 Å². The standard InChI is InChI=1S/C12H18N2/c1-8(2)10-4-9(3)5-14-12-7-13-6-11(10)12/h4-5,8-9,13H,6-7H2,1-3H3. The van der Waals surface area contributed by atoms with Crippen molar-refractivity contribution in [3.63, 3.8) is 0 Å². The average Bonchev–Trinajstić information content (AvgIpc) is 2.52. The predicted molar refractivity (Wildman–Crippen MR) is 60.5 cm³/mol. The van der Waals surface area contributed by atoms with Crippen molar-refractivity contribution in [1.29, 1.82) is 0 Å². The van der Waals surface area contributed by atoms with E-state index in [4.69, 9.17) is 0 Å². The minimum absolute atomic E-state index is 0.470. The van der Waals surface area contributed by atoms with Crippen LogP contribution < -0.4 is 5.32 Å². The molecule has 2 aliphatic rings. The van der Waals surface area contributed by atoms with Gasteiger partial charge in [-0.25, -0.2) is 0 Å². The van der Waals surface area contributed by atoms with Crippen LogP contribution in [-0.4, -0.2) is 19.3 Å². The lowest BCUT2D eigenvalue weighted by atomic mass is 9.92. The Hall–Kier alpha value is -0.890. The van der Waals surface area contributed by atoms with Gasteiger partial charge in [0, 0.05) is 25.2 Å². The second-order valence-corrected chi connectivity index (χ2v) is 4.44. The molecule has 0 spiro atoms. The van der Waals surface area contributed by atoms with Crippen LogP contribution in [0.5, 0.6) is 0 Å². The van der Waals surface area contributed by atoms with E-state index in [-0.39, 0.29) is 0 Å². The molecule has 0 aromatic heterocycles. The number of nitrogens with zero attached hydrogens (tertiary/aromatic N) is 1. The van der Waals surface area contributed by atoms with Gasteiger partial charge in [0.2, 0.25) is 0 Å². The topological polar surface area (TPSA) is 24.4 Å². The Morgan fingerprint density at radius 3 is 2.93 bits per heavy atom. The molecule has 1 atom stereocenters. The fourth-order valence-electron chi connectivity index (χ4n) is 2.08. The zero-order chi connectivity index (χ0) is 10.1. The van der Waals surface area contributed by atoms with Gasteiger partial charge in [-0.3, -0.25) is 4.99 Å². The second kappa shape index (κ2) is 3.70. The van der Waals surface area contributed by atoms with E-state index < -0.39 is 0 Å². The van der Waals surface area contributed by atoms with E-state index >= 15 is 0 Å². The summed E-state index contributed by atoms with van der Waals surface area (Å²) in [5.41, 5.74) is 4.16. The first kappa shape index (κ1) is 9.66. The molecule has 0 saturated heterocycles. The Bertz CT molecular complexity index is 321. The Kier molecular flexibility index (Phi) is 2.55. The van der Waals surface area contributed by atoms with Crippen molar-refractivity contribution >= 4 is 6.21 Å². The van der Waals surface area contributed by atoms with Crippen molar-refractivity contribution in [3.8, 4) is 0 Å². The monoisotopic (exact) mass is 190 g/mol. The number of aliphatic imine (C=N–C) groups is 1. The summed E-state index contributed by atoms with van der Waals surface area (Å²) in [4.78, 5) is 4.54. The summed E-state index contributed by atoms with van der Waals surface area (Å²) in [7, 11) is 0. The summed E-state index contributed by atoms with van der Waals surface area (Å²) < 4.78 is 0. The molecule has 0 aromatic carbocycles. The minimum atomic E-state index is 0.470. The van der Waals surface area contributed by atoms with Crippen molar-refractivity contribution < 1.29 is 0 Å². The van der Waals surface area contributed by atoms with E-state index in [1.807, 2.05) is 0 Å². The van der Waals surface area contributed by atoms with E-state index in [0.29, 0.717) is 11.8 Å². The molecule has 2 nitrogen and oxygen atoms in total. The van der Waals surface area contributed by atoms with Crippen LogP contribution >= 0.6 is 0 Å².